The largest absolute Gasteiger partial charge is 0.495 e. The molecule has 0 spiro atoms. The van der Waals surface area contributed by atoms with Gasteiger partial charge in [-0.3, -0.25) is 4.79 Å². The summed E-state index contributed by atoms with van der Waals surface area (Å²) in [5.74, 6) is -9.87. The van der Waals surface area contributed by atoms with E-state index >= 15 is 0 Å². The number of hydrogen-bond acceptors (Lipinski definition) is 5. The van der Waals surface area contributed by atoms with E-state index in [9.17, 15) is 22.4 Å². The molecule has 0 unspecified atom stereocenters. The van der Waals surface area contributed by atoms with Crippen molar-refractivity contribution in [2.75, 3.05) is 19.5 Å². The number of carbonyl (C=O) groups excluding carboxylic acids is 1. The van der Waals surface area contributed by atoms with Crippen LogP contribution in [0.4, 0.5) is 23.2 Å². The highest BCUT2D eigenvalue weighted by Crippen LogP contribution is 2.36. The van der Waals surface area contributed by atoms with Crippen LogP contribution in [0.5, 0.6) is 11.5 Å². The Labute approximate surface area is 183 Å². The molecule has 0 radical (unpaired) electrons. The lowest BCUT2D eigenvalue weighted by atomic mass is 10.1. The fourth-order valence-electron chi connectivity index (χ4n) is 3.11. The molecule has 1 amide bonds. The summed E-state index contributed by atoms with van der Waals surface area (Å²) in [6, 6.07) is 12.2. The van der Waals surface area contributed by atoms with E-state index in [1.807, 2.05) is 24.3 Å². The van der Waals surface area contributed by atoms with Crippen molar-refractivity contribution in [1.29, 1.82) is 0 Å². The summed E-state index contributed by atoms with van der Waals surface area (Å²) in [5.41, 5.74) is -0.0181. The van der Waals surface area contributed by atoms with Gasteiger partial charge in [-0.1, -0.05) is 12.1 Å². The average molecular weight is 462 g/mol. The van der Waals surface area contributed by atoms with Crippen molar-refractivity contribution < 1.29 is 31.8 Å². The van der Waals surface area contributed by atoms with Crippen LogP contribution in [-0.4, -0.2) is 25.1 Å². The standard InChI is InChI=1S/C22H14F4N2O3S/c1-30-13-8-7-10(22-28-11-5-3-4-6-14(11)32-22)9-12(13)27-21(29)15-16(23)18(25)20(31-2)19(26)17(15)24/h3-9H,1-2H3,(H,27,29). The van der Waals surface area contributed by atoms with Gasteiger partial charge in [0.15, 0.2) is 17.4 Å². The zero-order chi connectivity index (χ0) is 23.0. The number of nitrogens with zero attached hydrogens (tertiary/aromatic N) is 1. The number of halogens is 4. The Hall–Kier alpha value is -3.66. The normalized spacial score (nSPS) is 10.9. The summed E-state index contributed by atoms with van der Waals surface area (Å²) < 4.78 is 67.1. The lowest BCUT2D eigenvalue weighted by Gasteiger charge is -2.14. The second-order valence-corrected chi connectivity index (χ2v) is 7.55. The van der Waals surface area contributed by atoms with Crippen molar-refractivity contribution in [1.82, 2.24) is 4.98 Å². The summed E-state index contributed by atoms with van der Waals surface area (Å²) in [6.07, 6.45) is 0. The van der Waals surface area contributed by atoms with Gasteiger partial charge in [0.2, 0.25) is 11.6 Å². The molecule has 32 heavy (non-hydrogen) atoms. The highest BCUT2D eigenvalue weighted by atomic mass is 32.1. The summed E-state index contributed by atoms with van der Waals surface area (Å²) in [7, 11) is 2.18. The van der Waals surface area contributed by atoms with Gasteiger partial charge in [-0.05, 0) is 30.3 Å². The first-order valence-corrected chi connectivity index (χ1v) is 9.92. The number of ether oxygens (including phenoxy) is 2. The van der Waals surface area contributed by atoms with Gasteiger partial charge < -0.3 is 14.8 Å². The molecule has 0 saturated heterocycles. The average Bonchev–Trinajstić information content (AvgIpc) is 3.22. The van der Waals surface area contributed by atoms with E-state index in [4.69, 9.17) is 4.74 Å². The third-order valence-corrected chi connectivity index (χ3v) is 5.73. The first-order chi connectivity index (χ1) is 15.3. The van der Waals surface area contributed by atoms with E-state index in [1.165, 1.54) is 30.6 Å². The number of hydrogen-bond donors (Lipinski definition) is 1. The number of anilines is 1. The molecule has 164 valence electrons. The van der Waals surface area contributed by atoms with Gasteiger partial charge in [-0.2, -0.15) is 8.78 Å². The Kier molecular flexibility index (Phi) is 5.70. The van der Waals surface area contributed by atoms with Gasteiger partial charge in [0.05, 0.1) is 30.1 Å². The Morgan fingerprint density at radius 1 is 0.938 bits per heavy atom. The predicted octanol–water partition coefficient (Wildman–Crippen LogP) is 5.79. The highest BCUT2D eigenvalue weighted by Gasteiger charge is 2.30. The van der Waals surface area contributed by atoms with Crippen molar-refractivity contribution >= 4 is 33.1 Å². The topological polar surface area (TPSA) is 60.5 Å². The Bertz CT molecular complexity index is 1290. The predicted molar refractivity (Wildman–Crippen MR) is 112 cm³/mol. The molecule has 0 fully saturated rings. The number of para-hydroxylation sites is 1. The Balaban J connectivity index is 1.74. The summed E-state index contributed by atoms with van der Waals surface area (Å²) >= 11 is 1.40. The van der Waals surface area contributed by atoms with Crippen molar-refractivity contribution in [2.24, 2.45) is 0 Å². The van der Waals surface area contributed by atoms with E-state index in [-0.39, 0.29) is 11.4 Å². The van der Waals surface area contributed by atoms with Crippen LogP contribution in [0.2, 0.25) is 0 Å². The van der Waals surface area contributed by atoms with Crippen molar-refractivity contribution in [3.63, 3.8) is 0 Å². The van der Waals surface area contributed by atoms with Gasteiger partial charge >= 0.3 is 0 Å². The fraction of sp³-hybridized carbons (Fsp3) is 0.0909. The maximum absolute atomic E-state index is 14.3. The van der Waals surface area contributed by atoms with Crippen LogP contribution in [0.15, 0.2) is 42.5 Å². The molecule has 0 aliphatic rings. The first-order valence-electron chi connectivity index (χ1n) is 9.11. The molecular weight excluding hydrogens is 448 g/mol. The number of nitrogens with one attached hydrogen (secondary N) is 1. The van der Waals surface area contributed by atoms with Crippen LogP contribution in [0, 0.1) is 23.3 Å². The van der Waals surface area contributed by atoms with E-state index in [0.29, 0.717) is 10.6 Å². The number of fused-ring (bicyclic) bond motifs is 1. The summed E-state index contributed by atoms with van der Waals surface area (Å²) in [4.78, 5) is 17.1. The lowest BCUT2D eigenvalue weighted by molar-refractivity contribution is 0.101. The van der Waals surface area contributed by atoms with Gasteiger partial charge in [-0.25, -0.2) is 13.8 Å². The van der Waals surface area contributed by atoms with Crippen LogP contribution in [0.1, 0.15) is 10.4 Å². The molecule has 1 aromatic heterocycles. The lowest BCUT2D eigenvalue weighted by Crippen LogP contribution is -2.19. The number of benzene rings is 3. The van der Waals surface area contributed by atoms with Crippen LogP contribution >= 0.6 is 11.3 Å². The van der Waals surface area contributed by atoms with E-state index in [1.54, 1.807) is 6.07 Å². The molecule has 0 bridgehead atoms. The van der Waals surface area contributed by atoms with Gasteiger partial charge in [-0.15, -0.1) is 11.3 Å². The van der Waals surface area contributed by atoms with Crippen molar-refractivity contribution in [3.8, 4) is 22.1 Å². The number of rotatable bonds is 5. The van der Waals surface area contributed by atoms with E-state index in [0.717, 1.165) is 17.3 Å². The minimum Gasteiger partial charge on any atom is -0.495 e. The molecule has 0 aliphatic carbocycles. The van der Waals surface area contributed by atoms with Gasteiger partial charge in [0.1, 0.15) is 16.3 Å². The molecule has 4 aromatic rings. The Morgan fingerprint density at radius 2 is 1.62 bits per heavy atom. The molecule has 5 nitrogen and oxygen atoms in total. The number of methoxy groups -OCH3 is 2. The molecule has 0 aliphatic heterocycles. The van der Waals surface area contributed by atoms with Crippen molar-refractivity contribution in [2.45, 2.75) is 0 Å². The maximum atomic E-state index is 14.3. The van der Waals surface area contributed by atoms with Crippen LogP contribution in [-0.2, 0) is 0 Å². The van der Waals surface area contributed by atoms with Gasteiger partial charge in [0, 0.05) is 5.56 Å². The van der Waals surface area contributed by atoms with E-state index < -0.39 is 40.5 Å². The minimum absolute atomic E-state index is 0.0321. The molecule has 3 aromatic carbocycles. The summed E-state index contributed by atoms with van der Waals surface area (Å²) in [5, 5.41) is 2.88. The second-order valence-electron chi connectivity index (χ2n) is 6.52. The Morgan fingerprint density at radius 3 is 2.25 bits per heavy atom. The second kappa shape index (κ2) is 8.46. The minimum atomic E-state index is -1.88. The molecule has 0 saturated carbocycles. The number of carbonyl (C=O) groups is 1. The number of thiazole rings is 1. The number of aromatic nitrogens is 1. The molecule has 0 atom stereocenters. The zero-order valence-electron chi connectivity index (χ0n) is 16.6. The molecule has 4 rings (SSSR count). The van der Waals surface area contributed by atoms with Crippen molar-refractivity contribution in [3.05, 3.63) is 71.3 Å². The first kappa shape index (κ1) is 21.6. The zero-order valence-corrected chi connectivity index (χ0v) is 17.5. The van der Waals surface area contributed by atoms with Crippen LogP contribution in [0.25, 0.3) is 20.8 Å². The molecule has 10 heteroatoms. The van der Waals surface area contributed by atoms with Gasteiger partial charge in [0.25, 0.3) is 5.91 Å². The number of amides is 1. The molecular formula is C22H14F4N2O3S. The smallest absolute Gasteiger partial charge is 0.261 e. The third kappa shape index (κ3) is 3.62. The quantitative estimate of drug-likeness (QED) is 0.301. The van der Waals surface area contributed by atoms with Crippen LogP contribution < -0.4 is 14.8 Å². The summed E-state index contributed by atoms with van der Waals surface area (Å²) in [6.45, 7) is 0. The molecule has 1 N–H and O–H groups in total. The maximum Gasteiger partial charge on any atom is 0.261 e. The third-order valence-electron chi connectivity index (χ3n) is 4.64. The highest BCUT2D eigenvalue weighted by molar-refractivity contribution is 7.21. The monoisotopic (exact) mass is 462 g/mol. The SMILES string of the molecule is COc1ccc(-c2nc3ccccc3s2)cc1NC(=O)c1c(F)c(F)c(OC)c(F)c1F. The van der Waals surface area contributed by atoms with Crippen LogP contribution in [0.3, 0.4) is 0 Å². The van der Waals surface area contributed by atoms with E-state index in [2.05, 4.69) is 15.0 Å². The fourth-order valence-corrected chi connectivity index (χ4v) is 4.07. The molecule has 1 heterocycles.